The van der Waals surface area contributed by atoms with E-state index in [2.05, 4.69) is 5.32 Å². The summed E-state index contributed by atoms with van der Waals surface area (Å²) in [5, 5.41) is 3.15. The number of amides is 1. The smallest absolute Gasteiger partial charge is 0.239 e. The molecule has 1 aliphatic carbocycles. The maximum absolute atomic E-state index is 11.2. The van der Waals surface area contributed by atoms with E-state index >= 15 is 0 Å². The van der Waals surface area contributed by atoms with Gasteiger partial charge in [0.15, 0.2) is 0 Å². The highest BCUT2D eigenvalue weighted by atomic mass is 35.5. The van der Waals surface area contributed by atoms with Crippen LogP contribution in [-0.2, 0) is 4.79 Å². The molecule has 0 unspecified atom stereocenters. The Morgan fingerprint density at radius 3 is 2.74 bits per heavy atom. The highest BCUT2D eigenvalue weighted by Gasteiger charge is 2.16. The van der Waals surface area contributed by atoms with Gasteiger partial charge in [-0.25, -0.2) is 0 Å². The lowest BCUT2D eigenvalue weighted by molar-refractivity contribution is -0.113. The average molecular weight is 302 g/mol. The van der Waals surface area contributed by atoms with Gasteiger partial charge in [-0.15, -0.1) is 11.6 Å². The molecule has 3 nitrogen and oxygen atoms in total. The van der Waals surface area contributed by atoms with Crippen molar-refractivity contribution in [1.29, 1.82) is 0 Å². The van der Waals surface area contributed by atoms with Crippen molar-refractivity contribution in [3.05, 3.63) is 23.2 Å². The summed E-state index contributed by atoms with van der Waals surface area (Å²) in [6.45, 7) is 0.715. The Morgan fingerprint density at radius 1 is 1.37 bits per heavy atom. The quantitative estimate of drug-likeness (QED) is 0.832. The SMILES string of the molecule is O=C(CCl)Nc1ccc(OCC2CCCC2)c(Cl)c1. The lowest BCUT2D eigenvalue weighted by Gasteiger charge is -2.13. The highest BCUT2D eigenvalue weighted by Crippen LogP contribution is 2.30. The summed E-state index contributed by atoms with van der Waals surface area (Å²) in [5.74, 6) is 0.985. The average Bonchev–Trinajstić information content (AvgIpc) is 2.91. The topological polar surface area (TPSA) is 38.3 Å². The number of ether oxygens (including phenoxy) is 1. The number of rotatable bonds is 5. The van der Waals surface area contributed by atoms with Gasteiger partial charge in [-0.05, 0) is 37.0 Å². The minimum atomic E-state index is -0.252. The molecule has 19 heavy (non-hydrogen) atoms. The summed E-state index contributed by atoms with van der Waals surface area (Å²) in [5.41, 5.74) is 0.629. The van der Waals surface area contributed by atoms with Gasteiger partial charge in [0, 0.05) is 5.69 Å². The zero-order valence-corrected chi connectivity index (χ0v) is 12.1. The largest absolute Gasteiger partial charge is 0.492 e. The van der Waals surface area contributed by atoms with Gasteiger partial charge < -0.3 is 10.1 Å². The maximum atomic E-state index is 11.2. The van der Waals surface area contributed by atoms with Gasteiger partial charge in [0.1, 0.15) is 11.6 Å². The van der Waals surface area contributed by atoms with E-state index in [-0.39, 0.29) is 11.8 Å². The third-order valence-electron chi connectivity index (χ3n) is 3.29. The van der Waals surface area contributed by atoms with Crippen LogP contribution in [0, 0.1) is 5.92 Å². The van der Waals surface area contributed by atoms with E-state index < -0.39 is 0 Å². The molecule has 0 saturated heterocycles. The van der Waals surface area contributed by atoms with Crippen LogP contribution in [0.2, 0.25) is 5.02 Å². The molecule has 1 N–H and O–H groups in total. The summed E-state index contributed by atoms with van der Waals surface area (Å²) in [6, 6.07) is 5.22. The van der Waals surface area contributed by atoms with Crippen molar-refractivity contribution in [3.8, 4) is 5.75 Å². The third kappa shape index (κ3) is 4.29. The monoisotopic (exact) mass is 301 g/mol. The molecular formula is C14H17Cl2NO2. The van der Waals surface area contributed by atoms with Gasteiger partial charge in [0.2, 0.25) is 5.91 Å². The fourth-order valence-corrected chi connectivity index (χ4v) is 2.58. The lowest BCUT2D eigenvalue weighted by atomic mass is 10.1. The van der Waals surface area contributed by atoms with Gasteiger partial charge in [-0.3, -0.25) is 4.79 Å². The molecule has 1 amide bonds. The van der Waals surface area contributed by atoms with E-state index in [9.17, 15) is 4.79 Å². The highest BCUT2D eigenvalue weighted by molar-refractivity contribution is 6.32. The van der Waals surface area contributed by atoms with Crippen LogP contribution in [0.15, 0.2) is 18.2 Å². The summed E-state index contributed by atoms with van der Waals surface area (Å²) >= 11 is 11.6. The maximum Gasteiger partial charge on any atom is 0.239 e. The number of benzene rings is 1. The second-order valence-corrected chi connectivity index (χ2v) is 5.46. The van der Waals surface area contributed by atoms with E-state index in [0.29, 0.717) is 29.0 Å². The first-order chi connectivity index (χ1) is 9.19. The second-order valence-electron chi connectivity index (χ2n) is 4.79. The van der Waals surface area contributed by atoms with E-state index in [1.807, 2.05) is 0 Å². The zero-order chi connectivity index (χ0) is 13.7. The van der Waals surface area contributed by atoms with Gasteiger partial charge in [-0.1, -0.05) is 24.4 Å². The minimum absolute atomic E-state index is 0.0719. The Balaban J connectivity index is 1.92. The lowest BCUT2D eigenvalue weighted by Crippen LogP contribution is -2.12. The van der Waals surface area contributed by atoms with Crippen molar-refractivity contribution in [1.82, 2.24) is 0 Å². The normalized spacial score (nSPS) is 15.5. The number of halogens is 2. The molecule has 1 fully saturated rings. The second kappa shape index (κ2) is 7.01. The van der Waals surface area contributed by atoms with E-state index in [1.165, 1.54) is 25.7 Å². The van der Waals surface area contributed by atoms with Crippen LogP contribution in [0.5, 0.6) is 5.75 Å². The van der Waals surface area contributed by atoms with E-state index in [0.717, 1.165) is 0 Å². The van der Waals surface area contributed by atoms with Crippen molar-refractivity contribution in [2.75, 3.05) is 17.8 Å². The van der Waals surface area contributed by atoms with Crippen LogP contribution in [-0.4, -0.2) is 18.4 Å². The Bertz CT molecular complexity index is 445. The Labute approximate surface area is 123 Å². The molecule has 0 radical (unpaired) electrons. The van der Waals surface area contributed by atoms with E-state index in [1.54, 1.807) is 18.2 Å². The van der Waals surface area contributed by atoms with Crippen LogP contribution in [0.4, 0.5) is 5.69 Å². The summed E-state index contributed by atoms with van der Waals surface area (Å²) in [6.07, 6.45) is 5.07. The molecule has 2 rings (SSSR count). The van der Waals surface area contributed by atoms with Crippen molar-refractivity contribution < 1.29 is 9.53 Å². The molecule has 0 atom stereocenters. The first kappa shape index (κ1) is 14.5. The molecular weight excluding hydrogens is 285 g/mol. The molecule has 1 aromatic rings. The standard InChI is InChI=1S/C14H17Cl2NO2/c15-8-14(18)17-11-5-6-13(12(16)7-11)19-9-10-3-1-2-4-10/h5-7,10H,1-4,8-9H2,(H,17,18). The Morgan fingerprint density at radius 2 is 2.11 bits per heavy atom. The number of hydrogen-bond donors (Lipinski definition) is 1. The van der Waals surface area contributed by atoms with Gasteiger partial charge in [0.25, 0.3) is 0 Å². The molecule has 0 aliphatic heterocycles. The molecule has 5 heteroatoms. The van der Waals surface area contributed by atoms with E-state index in [4.69, 9.17) is 27.9 Å². The molecule has 0 heterocycles. The zero-order valence-electron chi connectivity index (χ0n) is 10.6. The van der Waals surface area contributed by atoms with Crippen LogP contribution in [0.3, 0.4) is 0 Å². The molecule has 0 bridgehead atoms. The van der Waals surface area contributed by atoms with Crippen LogP contribution >= 0.6 is 23.2 Å². The Hall–Kier alpha value is -0.930. The number of nitrogens with one attached hydrogen (secondary N) is 1. The van der Waals surface area contributed by atoms with Crippen molar-refractivity contribution in [2.45, 2.75) is 25.7 Å². The first-order valence-electron chi connectivity index (χ1n) is 6.47. The van der Waals surface area contributed by atoms with Crippen LogP contribution in [0.25, 0.3) is 0 Å². The third-order valence-corrected chi connectivity index (χ3v) is 3.82. The summed E-state index contributed by atoms with van der Waals surface area (Å²) in [7, 11) is 0. The molecule has 0 spiro atoms. The first-order valence-corrected chi connectivity index (χ1v) is 7.38. The number of carbonyl (C=O) groups excluding carboxylic acids is 1. The van der Waals surface area contributed by atoms with Gasteiger partial charge >= 0.3 is 0 Å². The fraction of sp³-hybridized carbons (Fsp3) is 0.500. The van der Waals surface area contributed by atoms with Crippen LogP contribution in [0.1, 0.15) is 25.7 Å². The predicted molar refractivity (Wildman–Crippen MR) is 78.3 cm³/mol. The number of carbonyl (C=O) groups is 1. The van der Waals surface area contributed by atoms with Crippen molar-refractivity contribution in [2.24, 2.45) is 5.92 Å². The number of hydrogen-bond acceptors (Lipinski definition) is 2. The fourth-order valence-electron chi connectivity index (χ4n) is 2.27. The molecule has 1 aromatic carbocycles. The van der Waals surface area contributed by atoms with Gasteiger partial charge in [0.05, 0.1) is 11.6 Å². The van der Waals surface area contributed by atoms with Crippen molar-refractivity contribution >= 4 is 34.8 Å². The summed E-state index contributed by atoms with van der Waals surface area (Å²) < 4.78 is 5.74. The minimum Gasteiger partial charge on any atom is -0.492 e. The molecule has 104 valence electrons. The predicted octanol–water partition coefficient (Wildman–Crippen LogP) is 4.09. The number of anilines is 1. The molecule has 1 aliphatic rings. The molecule has 0 aromatic heterocycles. The number of alkyl halides is 1. The Kier molecular flexibility index (Phi) is 5.34. The molecule has 1 saturated carbocycles. The van der Waals surface area contributed by atoms with Gasteiger partial charge in [-0.2, -0.15) is 0 Å². The van der Waals surface area contributed by atoms with Crippen LogP contribution < -0.4 is 10.1 Å². The summed E-state index contributed by atoms with van der Waals surface area (Å²) in [4.78, 5) is 11.2. The van der Waals surface area contributed by atoms with Crippen molar-refractivity contribution in [3.63, 3.8) is 0 Å².